The summed E-state index contributed by atoms with van der Waals surface area (Å²) in [5, 5.41) is 1.16. The van der Waals surface area contributed by atoms with Gasteiger partial charge in [-0.05, 0) is 35.4 Å². The van der Waals surface area contributed by atoms with Gasteiger partial charge in [-0.1, -0.05) is 42.5 Å². The Morgan fingerprint density at radius 1 is 0.783 bits per heavy atom. The summed E-state index contributed by atoms with van der Waals surface area (Å²) in [6, 6.07) is 18.4. The summed E-state index contributed by atoms with van der Waals surface area (Å²) in [5.41, 5.74) is 3.32. The normalized spacial score (nSPS) is 11.3. The molecule has 3 heteroatoms. The quantitative estimate of drug-likeness (QED) is 0.553. The van der Waals surface area contributed by atoms with Gasteiger partial charge in [0.25, 0.3) is 0 Å². The van der Waals surface area contributed by atoms with Crippen LogP contribution in [0.5, 0.6) is 0 Å². The van der Waals surface area contributed by atoms with E-state index in [1.807, 2.05) is 53.5 Å². The number of rotatable bonds is 3. The zero-order chi connectivity index (χ0) is 15.5. The second-order valence-electron chi connectivity index (χ2n) is 5.31. The molecule has 0 amide bonds. The largest absolute Gasteiger partial charge is 0.300 e. The first-order valence-electron chi connectivity index (χ1n) is 7.51. The lowest BCUT2D eigenvalue weighted by atomic mass is 10.2. The number of aromatic nitrogens is 3. The molecular formula is C20H15N3. The summed E-state index contributed by atoms with van der Waals surface area (Å²) in [6.07, 6.45) is 11.7. The van der Waals surface area contributed by atoms with Gasteiger partial charge in [-0.3, -0.25) is 9.55 Å². The molecular weight excluding hydrogens is 282 g/mol. The van der Waals surface area contributed by atoms with E-state index in [1.165, 1.54) is 5.56 Å². The molecule has 0 aliphatic rings. The Labute approximate surface area is 134 Å². The van der Waals surface area contributed by atoms with Crippen LogP contribution in [-0.4, -0.2) is 14.5 Å². The van der Waals surface area contributed by atoms with E-state index in [4.69, 9.17) is 0 Å². The lowest BCUT2D eigenvalue weighted by Crippen LogP contribution is -1.95. The van der Waals surface area contributed by atoms with Gasteiger partial charge >= 0.3 is 0 Å². The molecule has 0 aliphatic heterocycles. The molecule has 3 aromatic heterocycles. The maximum Gasteiger partial charge on any atom is 0.137 e. The summed E-state index contributed by atoms with van der Waals surface area (Å²) >= 11 is 0. The Kier molecular flexibility index (Phi) is 3.45. The third kappa shape index (κ3) is 2.77. The first-order chi connectivity index (χ1) is 11.4. The highest BCUT2D eigenvalue weighted by molar-refractivity contribution is 5.80. The van der Waals surface area contributed by atoms with E-state index in [0.29, 0.717) is 0 Å². The predicted octanol–water partition coefficient (Wildman–Crippen LogP) is 4.59. The minimum atomic E-state index is 0.893. The zero-order valence-electron chi connectivity index (χ0n) is 12.5. The molecule has 0 N–H and O–H groups in total. The SMILES string of the molecule is C(=Cc1ccc(-n2ccc3ccncc32)nc1)c1ccccc1. The Hall–Kier alpha value is -3.20. The highest BCUT2D eigenvalue weighted by Crippen LogP contribution is 2.18. The van der Waals surface area contributed by atoms with Crippen molar-refractivity contribution >= 4 is 23.1 Å². The van der Waals surface area contributed by atoms with Crippen LogP contribution < -0.4 is 0 Å². The minimum Gasteiger partial charge on any atom is -0.300 e. The van der Waals surface area contributed by atoms with Crippen molar-refractivity contribution in [1.29, 1.82) is 0 Å². The van der Waals surface area contributed by atoms with Crippen LogP contribution in [0.3, 0.4) is 0 Å². The Balaban J connectivity index is 1.62. The Morgan fingerprint density at radius 3 is 2.48 bits per heavy atom. The molecule has 0 atom stereocenters. The van der Waals surface area contributed by atoms with Crippen molar-refractivity contribution in [2.24, 2.45) is 0 Å². The molecule has 0 fully saturated rings. The lowest BCUT2D eigenvalue weighted by Gasteiger charge is -2.04. The maximum atomic E-state index is 4.57. The molecule has 0 saturated heterocycles. The topological polar surface area (TPSA) is 30.7 Å². The molecule has 0 spiro atoms. The van der Waals surface area contributed by atoms with E-state index in [1.54, 1.807) is 6.20 Å². The van der Waals surface area contributed by atoms with Crippen molar-refractivity contribution < 1.29 is 0 Å². The summed E-state index contributed by atoms with van der Waals surface area (Å²) in [7, 11) is 0. The van der Waals surface area contributed by atoms with Crippen molar-refractivity contribution in [2.45, 2.75) is 0 Å². The van der Waals surface area contributed by atoms with E-state index < -0.39 is 0 Å². The van der Waals surface area contributed by atoms with Crippen LogP contribution in [0.2, 0.25) is 0 Å². The molecule has 110 valence electrons. The summed E-state index contributed by atoms with van der Waals surface area (Å²) in [6.45, 7) is 0. The lowest BCUT2D eigenvalue weighted by molar-refractivity contribution is 1.04. The summed E-state index contributed by atoms with van der Waals surface area (Å²) in [5.74, 6) is 0.893. The molecule has 4 rings (SSSR count). The number of nitrogens with zero attached hydrogens (tertiary/aromatic N) is 3. The molecule has 23 heavy (non-hydrogen) atoms. The summed E-state index contributed by atoms with van der Waals surface area (Å²) in [4.78, 5) is 8.76. The zero-order valence-corrected chi connectivity index (χ0v) is 12.5. The molecule has 3 nitrogen and oxygen atoms in total. The minimum absolute atomic E-state index is 0.893. The average molecular weight is 297 g/mol. The molecule has 0 bridgehead atoms. The number of pyridine rings is 2. The molecule has 3 heterocycles. The van der Waals surface area contributed by atoms with E-state index in [0.717, 1.165) is 22.3 Å². The fraction of sp³-hybridized carbons (Fsp3) is 0. The first-order valence-corrected chi connectivity index (χ1v) is 7.51. The molecule has 0 unspecified atom stereocenters. The third-order valence-corrected chi connectivity index (χ3v) is 3.78. The van der Waals surface area contributed by atoms with Crippen molar-refractivity contribution in [3.8, 4) is 5.82 Å². The van der Waals surface area contributed by atoms with Crippen molar-refractivity contribution in [1.82, 2.24) is 14.5 Å². The van der Waals surface area contributed by atoms with Crippen molar-refractivity contribution in [2.75, 3.05) is 0 Å². The van der Waals surface area contributed by atoms with Crippen molar-refractivity contribution in [3.63, 3.8) is 0 Å². The summed E-state index contributed by atoms with van der Waals surface area (Å²) < 4.78 is 2.05. The van der Waals surface area contributed by atoms with Gasteiger partial charge in [0, 0.05) is 24.0 Å². The van der Waals surface area contributed by atoms with Gasteiger partial charge in [-0.2, -0.15) is 0 Å². The monoisotopic (exact) mass is 297 g/mol. The van der Waals surface area contributed by atoms with Gasteiger partial charge in [0.15, 0.2) is 0 Å². The van der Waals surface area contributed by atoms with Gasteiger partial charge in [-0.15, -0.1) is 0 Å². The van der Waals surface area contributed by atoms with E-state index >= 15 is 0 Å². The van der Waals surface area contributed by atoms with E-state index in [9.17, 15) is 0 Å². The number of hydrogen-bond acceptors (Lipinski definition) is 2. The van der Waals surface area contributed by atoms with Crippen molar-refractivity contribution in [3.05, 3.63) is 90.5 Å². The molecule has 0 saturated carbocycles. The van der Waals surface area contributed by atoms with Crippen LogP contribution in [-0.2, 0) is 0 Å². The van der Waals surface area contributed by atoms with Crippen LogP contribution in [0, 0.1) is 0 Å². The van der Waals surface area contributed by atoms with Crippen LogP contribution in [0.15, 0.2) is 79.4 Å². The van der Waals surface area contributed by atoms with Crippen LogP contribution in [0.25, 0.3) is 28.9 Å². The molecule has 4 aromatic rings. The molecule has 0 radical (unpaired) electrons. The van der Waals surface area contributed by atoms with E-state index in [2.05, 4.69) is 46.4 Å². The highest BCUT2D eigenvalue weighted by Gasteiger charge is 2.03. The fourth-order valence-electron chi connectivity index (χ4n) is 2.57. The first kappa shape index (κ1) is 13.5. The molecule has 0 aliphatic carbocycles. The van der Waals surface area contributed by atoms with Crippen LogP contribution in [0.4, 0.5) is 0 Å². The number of benzene rings is 1. The molecule has 1 aromatic carbocycles. The van der Waals surface area contributed by atoms with Gasteiger partial charge in [0.1, 0.15) is 5.82 Å². The number of hydrogen-bond donors (Lipinski definition) is 0. The highest BCUT2D eigenvalue weighted by atomic mass is 15.0. The number of fused-ring (bicyclic) bond motifs is 1. The van der Waals surface area contributed by atoms with E-state index in [-0.39, 0.29) is 0 Å². The second kappa shape index (κ2) is 5.89. The van der Waals surface area contributed by atoms with Crippen LogP contribution in [0.1, 0.15) is 11.1 Å². The van der Waals surface area contributed by atoms with Gasteiger partial charge in [-0.25, -0.2) is 4.98 Å². The smallest absolute Gasteiger partial charge is 0.137 e. The maximum absolute atomic E-state index is 4.57. The third-order valence-electron chi connectivity index (χ3n) is 3.78. The van der Waals surface area contributed by atoms with Crippen LogP contribution >= 0.6 is 0 Å². The van der Waals surface area contributed by atoms with Gasteiger partial charge < -0.3 is 0 Å². The van der Waals surface area contributed by atoms with Gasteiger partial charge in [0.2, 0.25) is 0 Å². The Morgan fingerprint density at radius 2 is 1.65 bits per heavy atom. The Bertz CT molecular complexity index is 951. The standard InChI is InChI=1S/C20H15N3/c1-2-4-16(5-3-1)6-7-17-8-9-20(22-14-17)23-13-11-18-10-12-21-15-19(18)23/h1-15H. The second-order valence-corrected chi connectivity index (χ2v) is 5.31. The average Bonchev–Trinajstić information content (AvgIpc) is 3.05. The van der Waals surface area contributed by atoms with Gasteiger partial charge in [0.05, 0.1) is 11.7 Å². The fourth-order valence-corrected chi connectivity index (χ4v) is 2.57. The predicted molar refractivity (Wildman–Crippen MR) is 94.2 cm³/mol.